The molecule has 1 rings (SSSR count). The summed E-state index contributed by atoms with van der Waals surface area (Å²) in [6.07, 6.45) is 0. The van der Waals surface area contributed by atoms with Crippen molar-refractivity contribution < 1.29 is 14.3 Å². The summed E-state index contributed by atoms with van der Waals surface area (Å²) in [5, 5.41) is 3.03. The van der Waals surface area contributed by atoms with Crippen LogP contribution in [0.4, 0.5) is 5.69 Å². The Hall–Kier alpha value is -1.75. The number of nitrogens with two attached hydrogens (primary N) is 1. The van der Waals surface area contributed by atoms with Crippen molar-refractivity contribution in [1.29, 1.82) is 0 Å². The number of esters is 1. The average Bonchev–Trinajstić information content (AvgIpc) is 2.25. The van der Waals surface area contributed by atoms with Crippen molar-refractivity contribution in [3.8, 4) is 0 Å². The van der Waals surface area contributed by atoms with Crippen LogP contribution in [-0.2, 0) is 9.53 Å². The van der Waals surface area contributed by atoms with E-state index in [-0.39, 0.29) is 17.1 Å². The highest BCUT2D eigenvalue weighted by Gasteiger charge is 2.07. The van der Waals surface area contributed by atoms with E-state index in [1.54, 1.807) is 6.07 Å². The van der Waals surface area contributed by atoms with E-state index in [0.717, 1.165) is 0 Å². The van der Waals surface area contributed by atoms with Crippen LogP contribution in [-0.4, -0.2) is 25.5 Å². The topological polar surface area (TPSA) is 81.4 Å². The van der Waals surface area contributed by atoms with E-state index in [1.807, 2.05) is 0 Å². The molecule has 0 bridgehead atoms. The summed E-state index contributed by atoms with van der Waals surface area (Å²) in [5.74, 6) is -0.986. The Balaban J connectivity index is 2.74. The fourth-order valence-corrected chi connectivity index (χ4v) is 1.34. The second kappa shape index (κ2) is 5.37. The summed E-state index contributed by atoms with van der Waals surface area (Å²) in [5.41, 5.74) is 5.94. The third-order valence-corrected chi connectivity index (χ3v) is 2.21. The molecule has 1 aromatic rings. The Morgan fingerprint density at radius 2 is 2.19 bits per heavy atom. The summed E-state index contributed by atoms with van der Waals surface area (Å²) in [6, 6.07) is 4.61. The molecular weight excluding hydrogens is 232 g/mol. The zero-order chi connectivity index (χ0) is 12.1. The summed E-state index contributed by atoms with van der Waals surface area (Å²) in [6.45, 7) is 0.0305. The molecule has 0 saturated carbocycles. The molecule has 16 heavy (non-hydrogen) atoms. The molecule has 5 nitrogen and oxygen atoms in total. The molecule has 1 amide bonds. The monoisotopic (exact) mass is 242 g/mol. The average molecular weight is 243 g/mol. The fourth-order valence-electron chi connectivity index (χ4n) is 1.07. The van der Waals surface area contributed by atoms with Gasteiger partial charge in [0.1, 0.15) is 6.54 Å². The summed E-state index contributed by atoms with van der Waals surface area (Å²) in [4.78, 5) is 21.7. The van der Waals surface area contributed by atoms with Gasteiger partial charge in [0.05, 0.1) is 17.7 Å². The number of hydrogen-bond acceptors (Lipinski definition) is 4. The smallest absolute Gasteiger partial charge is 0.325 e. The van der Waals surface area contributed by atoms with Crippen LogP contribution < -0.4 is 11.1 Å². The standard InChI is InChI=1S/C10H11ClN2O3/c1-16-9(14)5-13-6-2-3-7(10(12)15)8(11)4-6/h2-4,13H,5H2,1H3,(H2,12,15). The number of nitrogens with one attached hydrogen (secondary N) is 1. The van der Waals surface area contributed by atoms with Gasteiger partial charge in [-0.2, -0.15) is 0 Å². The maximum Gasteiger partial charge on any atom is 0.325 e. The minimum absolute atomic E-state index is 0.0305. The van der Waals surface area contributed by atoms with Crippen molar-refractivity contribution >= 4 is 29.2 Å². The van der Waals surface area contributed by atoms with E-state index in [4.69, 9.17) is 17.3 Å². The van der Waals surface area contributed by atoms with Gasteiger partial charge < -0.3 is 15.8 Å². The van der Waals surface area contributed by atoms with E-state index in [9.17, 15) is 9.59 Å². The third-order valence-electron chi connectivity index (χ3n) is 1.90. The van der Waals surface area contributed by atoms with E-state index < -0.39 is 11.9 Å². The van der Waals surface area contributed by atoms with Crippen molar-refractivity contribution in [2.45, 2.75) is 0 Å². The zero-order valence-electron chi connectivity index (χ0n) is 8.62. The number of anilines is 1. The molecule has 0 atom stereocenters. The number of rotatable bonds is 4. The minimum atomic E-state index is -0.593. The Morgan fingerprint density at radius 3 is 2.69 bits per heavy atom. The summed E-state index contributed by atoms with van der Waals surface area (Å²) < 4.78 is 4.46. The van der Waals surface area contributed by atoms with Crippen LogP contribution in [0.5, 0.6) is 0 Å². The lowest BCUT2D eigenvalue weighted by molar-refractivity contribution is -0.138. The predicted molar refractivity (Wildman–Crippen MR) is 60.5 cm³/mol. The van der Waals surface area contributed by atoms with Crippen LogP contribution in [0.15, 0.2) is 18.2 Å². The molecule has 6 heteroatoms. The largest absolute Gasteiger partial charge is 0.468 e. The highest BCUT2D eigenvalue weighted by molar-refractivity contribution is 6.34. The highest BCUT2D eigenvalue weighted by Crippen LogP contribution is 2.20. The number of benzene rings is 1. The first-order valence-electron chi connectivity index (χ1n) is 4.44. The van der Waals surface area contributed by atoms with Crippen molar-refractivity contribution in [3.63, 3.8) is 0 Å². The van der Waals surface area contributed by atoms with Gasteiger partial charge in [0.2, 0.25) is 5.91 Å². The summed E-state index contributed by atoms with van der Waals surface area (Å²) in [7, 11) is 1.30. The Labute approximate surface area is 97.5 Å². The van der Waals surface area contributed by atoms with Crippen molar-refractivity contribution in [2.75, 3.05) is 19.0 Å². The van der Waals surface area contributed by atoms with E-state index in [0.29, 0.717) is 5.69 Å². The number of primary amides is 1. The van der Waals surface area contributed by atoms with E-state index in [1.165, 1.54) is 19.2 Å². The van der Waals surface area contributed by atoms with Crippen molar-refractivity contribution in [1.82, 2.24) is 0 Å². The first kappa shape index (κ1) is 12.3. The normalized spacial score (nSPS) is 9.62. The Kier molecular flexibility index (Phi) is 4.13. The van der Waals surface area contributed by atoms with Crippen LogP contribution in [0.25, 0.3) is 0 Å². The first-order valence-corrected chi connectivity index (χ1v) is 4.82. The number of carbonyl (C=O) groups is 2. The van der Waals surface area contributed by atoms with Gasteiger partial charge in [0, 0.05) is 5.69 Å². The lowest BCUT2D eigenvalue weighted by atomic mass is 10.2. The molecule has 0 radical (unpaired) electrons. The molecule has 0 aliphatic heterocycles. The van der Waals surface area contributed by atoms with E-state index >= 15 is 0 Å². The van der Waals surface area contributed by atoms with Gasteiger partial charge in [-0.25, -0.2) is 0 Å². The predicted octanol–water partition coefficient (Wildman–Crippen LogP) is 1.02. The Morgan fingerprint density at radius 1 is 1.50 bits per heavy atom. The molecule has 0 heterocycles. The molecule has 3 N–H and O–H groups in total. The molecule has 0 spiro atoms. The molecule has 0 aliphatic carbocycles. The quantitative estimate of drug-likeness (QED) is 0.773. The third kappa shape index (κ3) is 3.13. The first-order chi connectivity index (χ1) is 7.54. The molecular formula is C10H11ClN2O3. The SMILES string of the molecule is COC(=O)CNc1ccc(C(N)=O)c(Cl)c1. The molecule has 0 unspecified atom stereocenters. The fraction of sp³-hybridized carbons (Fsp3) is 0.200. The number of hydrogen-bond donors (Lipinski definition) is 2. The zero-order valence-corrected chi connectivity index (χ0v) is 9.38. The molecule has 0 aliphatic rings. The molecule has 86 valence electrons. The van der Waals surface area contributed by atoms with Gasteiger partial charge in [-0.1, -0.05) is 11.6 Å². The number of halogens is 1. The van der Waals surface area contributed by atoms with Crippen LogP contribution in [0.2, 0.25) is 5.02 Å². The van der Waals surface area contributed by atoms with Crippen LogP contribution >= 0.6 is 11.6 Å². The second-order valence-electron chi connectivity index (χ2n) is 2.99. The number of ether oxygens (including phenoxy) is 1. The number of carbonyl (C=O) groups excluding carboxylic acids is 2. The lowest BCUT2D eigenvalue weighted by Crippen LogP contribution is -2.15. The van der Waals surface area contributed by atoms with Gasteiger partial charge in [0.25, 0.3) is 0 Å². The molecule has 1 aromatic carbocycles. The maximum absolute atomic E-state index is 10.9. The van der Waals surface area contributed by atoms with E-state index in [2.05, 4.69) is 10.1 Å². The van der Waals surface area contributed by atoms with Crippen LogP contribution in [0, 0.1) is 0 Å². The van der Waals surface area contributed by atoms with Crippen molar-refractivity contribution in [2.24, 2.45) is 5.73 Å². The highest BCUT2D eigenvalue weighted by atomic mass is 35.5. The Bertz CT molecular complexity index is 421. The number of methoxy groups -OCH3 is 1. The van der Waals surface area contributed by atoms with Crippen molar-refractivity contribution in [3.05, 3.63) is 28.8 Å². The lowest BCUT2D eigenvalue weighted by Gasteiger charge is -2.06. The van der Waals surface area contributed by atoms with Gasteiger partial charge in [0.15, 0.2) is 0 Å². The van der Waals surface area contributed by atoms with Gasteiger partial charge in [-0.05, 0) is 18.2 Å². The molecule has 0 saturated heterocycles. The van der Waals surface area contributed by atoms with Gasteiger partial charge in [-0.3, -0.25) is 9.59 Å². The van der Waals surface area contributed by atoms with Gasteiger partial charge in [-0.15, -0.1) is 0 Å². The second-order valence-corrected chi connectivity index (χ2v) is 3.40. The van der Waals surface area contributed by atoms with Gasteiger partial charge >= 0.3 is 5.97 Å². The summed E-state index contributed by atoms with van der Waals surface area (Å²) >= 11 is 5.82. The minimum Gasteiger partial charge on any atom is -0.468 e. The molecule has 0 fully saturated rings. The molecule has 0 aromatic heterocycles. The number of amides is 1. The van der Waals surface area contributed by atoms with Crippen LogP contribution in [0.3, 0.4) is 0 Å². The van der Waals surface area contributed by atoms with Crippen LogP contribution in [0.1, 0.15) is 10.4 Å². The maximum atomic E-state index is 10.9.